The van der Waals surface area contributed by atoms with E-state index in [1.807, 2.05) is 25.7 Å². The van der Waals surface area contributed by atoms with Crippen LogP contribution in [0.3, 0.4) is 0 Å². The Kier molecular flexibility index (Phi) is 7.78. The number of piperazine rings is 1. The van der Waals surface area contributed by atoms with Gasteiger partial charge in [0, 0.05) is 26.2 Å². The number of carbonyl (C=O) groups excluding carboxylic acids is 1. The first-order chi connectivity index (χ1) is 11.1. The summed E-state index contributed by atoms with van der Waals surface area (Å²) in [7, 11) is -3.00. The number of aliphatic imine (C=N–C) groups is 1. The first-order valence-electron chi connectivity index (χ1n) is 8.33. The molecule has 0 aromatic heterocycles. The molecule has 1 atom stereocenters. The zero-order chi connectivity index (χ0) is 18.0. The van der Waals surface area contributed by atoms with Gasteiger partial charge in [0.15, 0.2) is 15.8 Å². The lowest BCUT2D eigenvalue weighted by Gasteiger charge is -2.36. The largest absolute Gasteiger partial charge is 0.444 e. The number of hydrogen-bond donors (Lipinski definition) is 1. The molecular formula is C15H29IN4O4S. The van der Waals surface area contributed by atoms with Gasteiger partial charge in [-0.2, -0.15) is 0 Å². The maximum Gasteiger partial charge on any atom is 0.410 e. The van der Waals surface area contributed by atoms with Crippen molar-refractivity contribution in [1.82, 2.24) is 9.80 Å². The monoisotopic (exact) mass is 488 g/mol. The van der Waals surface area contributed by atoms with Crippen LogP contribution in [0.5, 0.6) is 0 Å². The van der Waals surface area contributed by atoms with Crippen molar-refractivity contribution >= 4 is 45.9 Å². The van der Waals surface area contributed by atoms with Gasteiger partial charge in [0.05, 0.1) is 17.5 Å². The van der Waals surface area contributed by atoms with E-state index in [0.29, 0.717) is 45.0 Å². The minimum Gasteiger partial charge on any atom is -0.444 e. The molecule has 2 saturated heterocycles. The Bertz CT molecular complexity index is 595. The minimum absolute atomic E-state index is 0. The summed E-state index contributed by atoms with van der Waals surface area (Å²) in [5.74, 6) is 0.600. The maximum atomic E-state index is 12.0. The van der Waals surface area contributed by atoms with Gasteiger partial charge in [-0.25, -0.2) is 13.2 Å². The molecule has 0 aromatic rings. The number of nitrogens with zero attached hydrogens (tertiary/aromatic N) is 3. The Morgan fingerprint density at radius 3 is 2.24 bits per heavy atom. The number of nitrogens with two attached hydrogens (primary N) is 1. The van der Waals surface area contributed by atoms with Crippen molar-refractivity contribution in [3.05, 3.63) is 0 Å². The zero-order valence-corrected chi connectivity index (χ0v) is 18.2. The quantitative estimate of drug-likeness (QED) is 0.354. The smallest absolute Gasteiger partial charge is 0.410 e. The molecular weight excluding hydrogens is 459 g/mol. The summed E-state index contributed by atoms with van der Waals surface area (Å²) in [6, 6.07) is 0. The highest BCUT2D eigenvalue weighted by Crippen LogP contribution is 2.20. The lowest BCUT2D eigenvalue weighted by molar-refractivity contribution is 0.0186. The molecule has 0 bridgehead atoms. The van der Waals surface area contributed by atoms with Gasteiger partial charge in [-0.15, -0.1) is 24.0 Å². The van der Waals surface area contributed by atoms with E-state index in [1.165, 1.54) is 0 Å². The Morgan fingerprint density at radius 1 is 1.20 bits per heavy atom. The number of ether oxygens (including phenoxy) is 1. The van der Waals surface area contributed by atoms with Gasteiger partial charge in [-0.1, -0.05) is 0 Å². The molecule has 2 heterocycles. The first-order valence-corrected chi connectivity index (χ1v) is 10.0. The lowest BCUT2D eigenvalue weighted by Crippen LogP contribution is -2.53. The Labute approximate surface area is 167 Å². The molecule has 0 aromatic carbocycles. The third-order valence-electron chi connectivity index (χ3n) is 4.18. The second kappa shape index (κ2) is 8.74. The van der Waals surface area contributed by atoms with Crippen LogP contribution in [0.2, 0.25) is 0 Å². The summed E-state index contributed by atoms with van der Waals surface area (Å²) in [4.78, 5) is 19.8. The van der Waals surface area contributed by atoms with E-state index >= 15 is 0 Å². The van der Waals surface area contributed by atoms with Crippen molar-refractivity contribution in [3.63, 3.8) is 0 Å². The topological polar surface area (TPSA) is 105 Å². The number of amides is 1. The average molecular weight is 488 g/mol. The molecule has 25 heavy (non-hydrogen) atoms. The first kappa shape index (κ1) is 22.3. The minimum atomic E-state index is -3.00. The van der Waals surface area contributed by atoms with Gasteiger partial charge in [-0.05, 0) is 33.6 Å². The molecule has 2 aliphatic rings. The average Bonchev–Trinajstić information content (AvgIpc) is 2.82. The van der Waals surface area contributed by atoms with E-state index in [0.717, 1.165) is 0 Å². The number of sulfone groups is 1. The summed E-state index contributed by atoms with van der Waals surface area (Å²) in [6.07, 6.45) is 1.04. The molecule has 10 heteroatoms. The molecule has 2 N–H and O–H groups in total. The highest BCUT2D eigenvalue weighted by Gasteiger charge is 2.31. The summed E-state index contributed by atoms with van der Waals surface area (Å²) >= 11 is 0. The van der Waals surface area contributed by atoms with E-state index in [9.17, 15) is 13.2 Å². The highest BCUT2D eigenvalue weighted by atomic mass is 127. The number of rotatable bonds is 2. The molecule has 0 aliphatic carbocycles. The summed E-state index contributed by atoms with van der Waals surface area (Å²) in [5.41, 5.74) is 5.47. The van der Waals surface area contributed by atoms with Crippen LogP contribution in [-0.4, -0.2) is 79.6 Å². The summed E-state index contributed by atoms with van der Waals surface area (Å²) < 4.78 is 29.0. The van der Waals surface area contributed by atoms with Gasteiger partial charge >= 0.3 is 6.09 Å². The fourth-order valence-electron chi connectivity index (χ4n) is 2.80. The van der Waals surface area contributed by atoms with Gasteiger partial charge in [0.1, 0.15) is 5.60 Å². The summed E-state index contributed by atoms with van der Waals surface area (Å²) in [5, 5.41) is -0.404. The molecule has 1 unspecified atom stereocenters. The maximum absolute atomic E-state index is 12.0. The van der Waals surface area contributed by atoms with Gasteiger partial charge in [-0.3, -0.25) is 4.99 Å². The molecule has 2 fully saturated rings. The van der Waals surface area contributed by atoms with E-state index < -0.39 is 20.7 Å². The van der Waals surface area contributed by atoms with E-state index in [4.69, 9.17) is 10.5 Å². The van der Waals surface area contributed by atoms with Crippen LogP contribution in [0.25, 0.3) is 0 Å². The SMILES string of the molecule is CC(C)(C)OC(=O)N1CCN(C(N)=NCC2CCCS2(=O)=O)CC1.I. The molecule has 2 aliphatic heterocycles. The Morgan fingerprint density at radius 2 is 1.76 bits per heavy atom. The van der Waals surface area contributed by atoms with Crippen molar-refractivity contribution in [2.75, 3.05) is 38.5 Å². The van der Waals surface area contributed by atoms with Crippen LogP contribution in [0.15, 0.2) is 4.99 Å². The van der Waals surface area contributed by atoms with Gasteiger partial charge in [0.2, 0.25) is 0 Å². The Balaban J connectivity index is 0.00000312. The second-order valence-corrected chi connectivity index (χ2v) is 9.69. The van der Waals surface area contributed by atoms with Crippen LogP contribution in [0.4, 0.5) is 4.79 Å². The molecule has 0 saturated carbocycles. The van der Waals surface area contributed by atoms with Crippen molar-refractivity contribution < 1.29 is 17.9 Å². The van der Waals surface area contributed by atoms with Crippen LogP contribution in [0, 0.1) is 0 Å². The van der Waals surface area contributed by atoms with E-state index in [1.54, 1.807) is 4.90 Å². The number of hydrogen-bond acceptors (Lipinski definition) is 5. The highest BCUT2D eigenvalue weighted by molar-refractivity contribution is 14.0. The molecule has 0 radical (unpaired) electrons. The van der Waals surface area contributed by atoms with E-state index in [2.05, 4.69) is 4.99 Å². The van der Waals surface area contributed by atoms with Crippen LogP contribution in [0.1, 0.15) is 33.6 Å². The van der Waals surface area contributed by atoms with E-state index in [-0.39, 0.29) is 42.4 Å². The molecule has 0 spiro atoms. The third-order valence-corrected chi connectivity index (χ3v) is 6.43. The second-order valence-electron chi connectivity index (χ2n) is 7.28. The lowest BCUT2D eigenvalue weighted by atomic mass is 10.2. The van der Waals surface area contributed by atoms with Gasteiger partial charge in [0.25, 0.3) is 0 Å². The fourth-order valence-corrected chi connectivity index (χ4v) is 4.53. The number of halogens is 1. The summed E-state index contributed by atoms with van der Waals surface area (Å²) in [6.45, 7) is 7.87. The predicted octanol–water partition coefficient (Wildman–Crippen LogP) is 1.05. The van der Waals surface area contributed by atoms with Crippen LogP contribution < -0.4 is 5.73 Å². The fraction of sp³-hybridized carbons (Fsp3) is 0.867. The predicted molar refractivity (Wildman–Crippen MR) is 108 cm³/mol. The van der Waals surface area contributed by atoms with Crippen molar-refractivity contribution in [2.45, 2.75) is 44.5 Å². The third kappa shape index (κ3) is 6.46. The molecule has 2 rings (SSSR count). The van der Waals surface area contributed by atoms with Crippen molar-refractivity contribution in [1.29, 1.82) is 0 Å². The molecule has 1 amide bonds. The normalized spacial score (nSPS) is 24.0. The van der Waals surface area contributed by atoms with Crippen molar-refractivity contribution in [3.8, 4) is 0 Å². The van der Waals surface area contributed by atoms with Crippen LogP contribution >= 0.6 is 24.0 Å². The van der Waals surface area contributed by atoms with Crippen molar-refractivity contribution in [2.24, 2.45) is 10.7 Å². The number of guanidine groups is 1. The Hall–Kier alpha value is -0.780. The number of carbonyl (C=O) groups is 1. The van der Waals surface area contributed by atoms with Crippen LogP contribution in [-0.2, 0) is 14.6 Å². The molecule has 146 valence electrons. The standard InChI is InChI=1S/C15H28N4O4S.HI/c1-15(2,3)23-14(20)19-8-6-18(7-9-19)13(16)17-11-12-5-4-10-24(12,21)22;/h12H,4-11H2,1-3H3,(H2,16,17);1H. The molecule has 8 nitrogen and oxygen atoms in total. The van der Waals surface area contributed by atoms with Gasteiger partial charge < -0.3 is 20.3 Å². The zero-order valence-electron chi connectivity index (χ0n) is 15.1.